The number of carboxylic acid groups (broad SMARTS) is 4. The minimum absolute atomic E-state index is 0.0243. The first-order chi connectivity index (χ1) is 54.5. The monoisotopic (exact) mass is 1640 g/mol. The summed E-state index contributed by atoms with van der Waals surface area (Å²) in [5, 5.41) is 78.1. The van der Waals surface area contributed by atoms with E-state index in [0.29, 0.717) is 40.1 Å². The number of para-hydroxylation sites is 1. The summed E-state index contributed by atoms with van der Waals surface area (Å²) in [5.74, 6) is -29.9. The number of primary amides is 2. The average Bonchev–Trinajstić information content (AvgIpc) is 1.40. The SMILES string of the molecule is CCC(C)CCCCCCC(=O)NC(Cc1c[nH]c2ccccc12)C(=O)NC(CCC(=O)O)C(=O)NC(C(=O)NC1C(=O)N(C)CC(=O)NC(C)C(=O)NC(CC(=O)O)C(=O)NC(CCCCN)C(=O)NC(CC(=O)O)C(=O)NCC(=O)NC(CC(N)=O)C(=O)NC(C(C)CC(=O)O)C(=O)NC(C(C)CC)C(=O)OC1C)C(O)C(N)=O. The first kappa shape index (κ1) is 98.3. The fraction of sp³-hybridized carbons (Fsp3) is 0.616. The van der Waals surface area contributed by atoms with Crippen LogP contribution in [0.15, 0.2) is 30.5 Å². The molecule has 24 N–H and O–H groups in total. The molecule has 1 aliphatic rings. The van der Waals surface area contributed by atoms with E-state index in [0.717, 1.165) is 53.5 Å². The Hall–Kier alpha value is -11.9. The van der Waals surface area contributed by atoms with Crippen molar-refractivity contribution in [3.8, 4) is 0 Å². The Morgan fingerprint density at radius 2 is 1.17 bits per heavy atom. The van der Waals surface area contributed by atoms with Gasteiger partial charge in [0.15, 0.2) is 6.10 Å². The largest absolute Gasteiger partial charge is 0.481 e. The van der Waals surface area contributed by atoms with Gasteiger partial charge in [0, 0.05) is 43.4 Å². The number of hydrogen-bond acceptors (Lipinski definition) is 23. The number of carbonyl (C=O) groups is 20. The van der Waals surface area contributed by atoms with Crippen LogP contribution in [0.5, 0.6) is 0 Å². The van der Waals surface area contributed by atoms with Crippen molar-refractivity contribution in [1.82, 2.24) is 73.7 Å². The van der Waals surface area contributed by atoms with Gasteiger partial charge in [-0.15, -0.1) is 0 Å². The Labute approximate surface area is 667 Å². The Bertz CT molecular complexity index is 3860. The third kappa shape index (κ3) is 33.6. The maximum absolute atomic E-state index is 15.0. The molecule has 0 bridgehead atoms. The molecule has 0 spiro atoms. The second-order valence-corrected chi connectivity index (χ2v) is 28.7. The Kier molecular flexibility index (Phi) is 41.5. The lowest BCUT2D eigenvalue weighted by Crippen LogP contribution is -2.64. The van der Waals surface area contributed by atoms with Crippen molar-refractivity contribution in [2.75, 3.05) is 26.7 Å². The quantitative estimate of drug-likeness (QED) is 0.0222. The second kappa shape index (κ2) is 49.0. The van der Waals surface area contributed by atoms with Crippen LogP contribution >= 0.6 is 0 Å². The molecule has 1 fully saturated rings. The molecule has 3 rings (SSSR count). The molecule has 43 heteroatoms. The van der Waals surface area contributed by atoms with Gasteiger partial charge in [-0.25, -0.2) is 4.79 Å². The van der Waals surface area contributed by atoms with Crippen LogP contribution in [-0.4, -0.2) is 259 Å². The van der Waals surface area contributed by atoms with Gasteiger partial charge in [-0.1, -0.05) is 91.3 Å². The van der Waals surface area contributed by atoms with Gasteiger partial charge in [0.1, 0.15) is 72.6 Å². The lowest BCUT2D eigenvalue weighted by atomic mass is 9.94. The highest BCUT2D eigenvalue weighted by molar-refractivity contribution is 6.02. The molecule has 116 heavy (non-hydrogen) atoms. The van der Waals surface area contributed by atoms with Crippen molar-refractivity contribution in [1.29, 1.82) is 0 Å². The number of esters is 1. The number of fused-ring (bicyclic) bond motifs is 1. The molecule has 1 aromatic carbocycles. The molecule has 43 nitrogen and oxygen atoms in total. The van der Waals surface area contributed by atoms with Gasteiger partial charge >= 0.3 is 29.8 Å². The number of aromatic nitrogens is 1. The van der Waals surface area contributed by atoms with Crippen LogP contribution in [0.4, 0.5) is 0 Å². The lowest BCUT2D eigenvalue weighted by Gasteiger charge is -2.33. The predicted octanol–water partition coefficient (Wildman–Crippen LogP) is -5.21. The number of rotatable bonds is 37. The van der Waals surface area contributed by atoms with Crippen molar-refractivity contribution < 1.29 is 126 Å². The molecule has 0 aliphatic carbocycles. The van der Waals surface area contributed by atoms with E-state index in [-0.39, 0.29) is 45.1 Å². The maximum Gasteiger partial charge on any atom is 0.329 e. The number of nitrogens with two attached hydrogens (primary N) is 3. The molecule has 16 unspecified atom stereocenters. The number of carbonyl (C=O) groups excluding carboxylic acids is 16. The number of nitrogens with one attached hydrogen (secondary N) is 13. The number of likely N-dealkylation sites (N-methyl/N-ethyl adjacent to an activating group) is 1. The van der Waals surface area contributed by atoms with Crippen molar-refractivity contribution in [3.05, 3.63) is 36.0 Å². The number of nitrogens with zero attached hydrogens (tertiary/aromatic N) is 1. The highest BCUT2D eigenvalue weighted by atomic mass is 16.5. The zero-order valence-electron chi connectivity index (χ0n) is 66.0. The van der Waals surface area contributed by atoms with Crippen LogP contribution in [-0.2, 0) is 107 Å². The molecule has 1 aliphatic heterocycles. The fourth-order valence-electron chi connectivity index (χ4n) is 12.0. The summed E-state index contributed by atoms with van der Waals surface area (Å²) in [6.45, 7) is 7.93. The summed E-state index contributed by atoms with van der Waals surface area (Å²) in [4.78, 5) is 277. The molecule has 15 amide bonds. The van der Waals surface area contributed by atoms with Crippen LogP contribution in [0.25, 0.3) is 10.9 Å². The Morgan fingerprint density at radius 3 is 1.78 bits per heavy atom. The number of aliphatic carboxylic acids is 4. The summed E-state index contributed by atoms with van der Waals surface area (Å²) in [5.41, 5.74) is 17.8. The highest BCUT2D eigenvalue weighted by Gasteiger charge is 2.43. The minimum atomic E-state index is -2.80. The van der Waals surface area contributed by atoms with Gasteiger partial charge in [0.05, 0.1) is 38.8 Å². The number of carboxylic acids is 4. The number of hydrogen-bond donors (Lipinski definition) is 21. The number of aromatic amines is 1. The molecule has 644 valence electrons. The highest BCUT2D eigenvalue weighted by Crippen LogP contribution is 2.22. The van der Waals surface area contributed by atoms with E-state index < -0.39 is 261 Å². The van der Waals surface area contributed by atoms with Crippen LogP contribution in [0, 0.1) is 17.8 Å². The van der Waals surface area contributed by atoms with Gasteiger partial charge in [-0.05, 0) is 81.9 Å². The standard InChI is InChI=1S/C73H111N17O26/c1-9-35(3)19-13-11-12-14-23-50(92)80-45(28-40-32-77-42-21-16-15-20-41(40)42)67(109)83-44(24-25-53(95)96)66(108)89-60(61(103)62(76)104)71(113)88-59-39(7)116-73(115)58(36(4)10-2)87-70(112)57(37(5)27-54(97)98)86-69(111)46(29-49(75)91)81-51(93)33-78-64(106)47(30-55(99)100)85-65(107)43(22-17-18-26-74)82-68(110)48(31-56(101)102)84-63(105)38(6)79-52(94)34-90(8)72(59)114/h15-16,20-21,32,35-39,43-48,57-61,77,103H,9-14,17-19,22-31,33-34,74H2,1-8H3,(H2,75,91)(H2,76,104)(H,78,106)(H,79,94)(H,80,92)(H,81,93)(H,82,110)(H,83,109)(H,84,105)(H,85,107)(H,86,111)(H,87,112)(H,88,113)(H,89,108)(H,95,96)(H,97,98)(H,99,100)(H,101,102). The average molecular weight is 1640 g/mol. The number of unbranched alkanes of at least 4 members (excludes halogenated alkanes) is 4. The summed E-state index contributed by atoms with van der Waals surface area (Å²) in [6, 6.07) is -15.3. The molecule has 16 atom stereocenters. The minimum Gasteiger partial charge on any atom is -0.481 e. The summed E-state index contributed by atoms with van der Waals surface area (Å²) >= 11 is 0. The number of amides is 15. The van der Waals surface area contributed by atoms with Gasteiger partial charge in [-0.3, -0.25) is 91.1 Å². The zero-order valence-corrected chi connectivity index (χ0v) is 66.0. The van der Waals surface area contributed by atoms with Gasteiger partial charge in [0.25, 0.3) is 0 Å². The normalized spacial score (nSPS) is 22.1. The number of aliphatic hydroxyl groups is 1. The smallest absolute Gasteiger partial charge is 0.329 e. The number of aliphatic hydroxyl groups excluding tert-OH is 1. The molecule has 0 saturated carbocycles. The van der Waals surface area contributed by atoms with Crippen LogP contribution in [0.2, 0.25) is 0 Å². The van der Waals surface area contributed by atoms with Crippen molar-refractivity contribution in [3.63, 3.8) is 0 Å². The molecule has 1 aromatic heterocycles. The lowest BCUT2D eigenvalue weighted by molar-refractivity contribution is -0.159. The fourth-order valence-corrected chi connectivity index (χ4v) is 12.0. The summed E-state index contributed by atoms with van der Waals surface area (Å²) in [7, 11) is 0.903. The van der Waals surface area contributed by atoms with E-state index in [1.165, 1.54) is 13.8 Å². The molecule has 2 aromatic rings. The van der Waals surface area contributed by atoms with E-state index in [2.05, 4.69) is 72.0 Å². The summed E-state index contributed by atoms with van der Waals surface area (Å²) < 4.78 is 5.78. The third-order valence-electron chi connectivity index (χ3n) is 19.1. The first-order valence-electron chi connectivity index (χ1n) is 37.9. The summed E-state index contributed by atoms with van der Waals surface area (Å²) in [6.07, 6.45) is -4.84. The second-order valence-electron chi connectivity index (χ2n) is 28.7. The predicted molar refractivity (Wildman–Crippen MR) is 406 cm³/mol. The van der Waals surface area contributed by atoms with E-state index in [1.54, 1.807) is 30.5 Å². The third-order valence-corrected chi connectivity index (χ3v) is 19.1. The first-order valence-corrected chi connectivity index (χ1v) is 37.9. The van der Waals surface area contributed by atoms with Crippen LogP contribution in [0.1, 0.15) is 163 Å². The Morgan fingerprint density at radius 1 is 0.586 bits per heavy atom. The Balaban J connectivity index is 2.28. The number of H-pyrrole nitrogens is 1. The molecule has 1 saturated heterocycles. The van der Waals surface area contributed by atoms with E-state index >= 15 is 4.79 Å². The number of benzene rings is 1. The molecule has 0 radical (unpaired) electrons. The van der Waals surface area contributed by atoms with E-state index in [4.69, 9.17) is 21.9 Å². The van der Waals surface area contributed by atoms with Crippen molar-refractivity contribution in [2.24, 2.45) is 35.0 Å². The van der Waals surface area contributed by atoms with Crippen LogP contribution < -0.4 is 81.0 Å². The molecular formula is C73H111N17O26. The van der Waals surface area contributed by atoms with Gasteiger partial charge in [-0.2, -0.15) is 0 Å². The van der Waals surface area contributed by atoms with Gasteiger partial charge in [0.2, 0.25) is 88.6 Å². The van der Waals surface area contributed by atoms with E-state index in [9.17, 15) is 117 Å². The zero-order chi connectivity index (χ0) is 87.4. The number of cyclic esters (lactones) is 1. The molecule has 2 heterocycles. The number of ether oxygens (including phenoxy) is 1. The van der Waals surface area contributed by atoms with Crippen LogP contribution in [0.3, 0.4) is 0 Å². The molecular weight excluding hydrogens is 1530 g/mol. The van der Waals surface area contributed by atoms with Crippen molar-refractivity contribution in [2.45, 2.75) is 243 Å². The van der Waals surface area contributed by atoms with E-state index in [1.807, 2.05) is 10.6 Å². The van der Waals surface area contributed by atoms with Gasteiger partial charge < -0.3 is 121 Å². The van der Waals surface area contributed by atoms with Crippen molar-refractivity contribution >= 4 is 129 Å². The topological polar surface area (TPSA) is 693 Å². The maximum atomic E-state index is 15.0.